The number of carbonyl (C=O) groups is 2. The number of rotatable bonds is 9. The van der Waals surface area contributed by atoms with Gasteiger partial charge in [0.25, 0.3) is 0 Å². The number of hydrogen-bond donors (Lipinski definition) is 1. The highest BCUT2D eigenvalue weighted by Gasteiger charge is 2.62. The molecule has 3 fully saturated rings. The molecule has 3 aromatic rings. The number of fused-ring (bicyclic) bond motifs is 5. The van der Waals surface area contributed by atoms with E-state index in [4.69, 9.17) is 14.2 Å². The first kappa shape index (κ1) is 25.6. The third-order valence-electron chi connectivity index (χ3n) is 8.14. The number of morpholine rings is 1. The minimum atomic E-state index is -0.433. The lowest BCUT2D eigenvalue weighted by Crippen LogP contribution is -2.48. The first-order chi connectivity index (χ1) is 19.0. The molecular formula is C32H34N2O5. The van der Waals surface area contributed by atoms with Gasteiger partial charge >= 0.3 is 12.1 Å². The SMILES string of the molecule is CN1[C@@H]2C[C@@H](OC(=O)Nc3cc(CCCC(=O)OCc4ccccc4)ccc3-c3ccccc3)C[C@H]1[C@@H]1O[C@@H]12. The number of amides is 1. The van der Waals surface area contributed by atoms with Crippen molar-refractivity contribution < 1.29 is 23.8 Å². The zero-order valence-electron chi connectivity index (χ0n) is 22.1. The van der Waals surface area contributed by atoms with Crippen LogP contribution in [-0.2, 0) is 32.0 Å². The summed E-state index contributed by atoms with van der Waals surface area (Å²) in [6, 6.07) is 26.4. The molecule has 7 nitrogen and oxygen atoms in total. The summed E-state index contributed by atoms with van der Waals surface area (Å²) in [5, 5.41) is 3.02. The summed E-state index contributed by atoms with van der Waals surface area (Å²) in [5.41, 5.74) is 4.66. The number of ether oxygens (including phenoxy) is 3. The van der Waals surface area contributed by atoms with Gasteiger partial charge in [-0.1, -0.05) is 72.8 Å². The average molecular weight is 527 g/mol. The first-order valence-electron chi connectivity index (χ1n) is 13.8. The van der Waals surface area contributed by atoms with Gasteiger partial charge in [0, 0.05) is 36.9 Å². The Labute approximate surface area is 229 Å². The molecule has 3 aliphatic heterocycles. The van der Waals surface area contributed by atoms with Crippen LogP contribution in [0.15, 0.2) is 78.9 Å². The van der Waals surface area contributed by atoms with Crippen LogP contribution in [0, 0.1) is 0 Å². The van der Waals surface area contributed by atoms with Gasteiger partial charge in [-0.2, -0.15) is 0 Å². The van der Waals surface area contributed by atoms with Crippen molar-refractivity contribution in [3.05, 3.63) is 90.0 Å². The van der Waals surface area contributed by atoms with Crippen molar-refractivity contribution >= 4 is 17.7 Å². The molecule has 0 unspecified atom stereocenters. The fourth-order valence-corrected chi connectivity index (χ4v) is 6.05. The molecule has 202 valence electrons. The number of nitrogens with zero attached hydrogens (tertiary/aromatic N) is 1. The summed E-state index contributed by atoms with van der Waals surface area (Å²) in [7, 11) is 2.14. The fraction of sp³-hybridized carbons (Fsp3) is 0.375. The van der Waals surface area contributed by atoms with E-state index in [1.54, 1.807) is 0 Å². The molecule has 1 amide bonds. The smallest absolute Gasteiger partial charge is 0.411 e. The van der Waals surface area contributed by atoms with Gasteiger partial charge < -0.3 is 14.2 Å². The zero-order chi connectivity index (χ0) is 26.8. The first-order valence-corrected chi connectivity index (χ1v) is 13.8. The maximum Gasteiger partial charge on any atom is 0.411 e. The van der Waals surface area contributed by atoms with Crippen LogP contribution < -0.4 is 5.32 Å². The Kier molecular flexibility index (Phi) is 7.35. The molecule has 6 rings (SSSR count). The number of epoxide rings is 1. The minimum Gasteiger partial charge on any atom is -0.461 e. The summed E-state index contributed by atoms with van der Waals surface area (Å²) in [5.74, 6) is -0.211. The molecule has 5 atom stereocenters. The fourth-order valence-electron chi connectivity index (χ4n) is 6.05. The lowest BCUT2D eigenvalue weighted by Gasteiger charge is -2.37. The molecule has 3 aliphatic rings. The van der Waals surface area contributed by atoms with Crippen molar-refractivity contribution in [3.8, 4) is 11.1 Å². The van der Waals surface area contributed by atoms with Crippen LogP contribution in [0.2, 0.25) is 0 Å². The van der Waals surface area contributed by atoms with Crippen molar-refractivity contribution in [3.63, 3.8) is 0 Å². The highest BCUT2D eigenvalue weighted by atomic mass is 16.6. The van der Waals surface area contributed by atoms with E-state index in [-0.39, 0.29) is 18.7 Å². The number of piperidine rings is 1. The molecular weight excluding hydrogens is 492 g/mol. The van der Waals surface area contributed by atoms with Crippen LogP contribution in [0.1, 0.15) is 36.8 Å². The molecule has 39 heavy (non-hydrogen) atoms. The summed E-state index contributed by atoms with van der Waals surface area (Å²) < 4.78 is 17.1. The Morgan fingerprint density at radius 2 is 1.62 bits per heavy atom. The van der Waals surface area contributed by atoms with Crippen LogP contribution in [0.25, 0.3) is 11.1 Å². The second-order valence-electron chi connectivity index (χ2n) is 10.7. The van der Waals surface area contributed by atoms with Gasteiger partial charge in [-0.25, -0.2) is 4.79 Å². The highest BCUT2D eigenvalue weighted by molar-refractivity contribution is 5.91. The number of likely N-dealkylation sites (N-methyl/N-ethyl adjacent to an activating group) is 1. The number of esters is 1. The van der Waals surface area contributed by atoms with Gasteiger partial charge in [0.2, 0.25) is 0 Å². The van der Waals surface area contributed by atoms with Gasteiger partial charge in [0.1, 0.15) is 24.9 Å². The molecule has 1 N–H and O–H groups in total. The Balaban J connectivity index is 1.07. The standard InChI is InChI=1S/C32H34N2O5/c1-34-27-18-24(19-28(34)31-30(27)39-31)38-32(36)33-26-17-21(15-16-25(26)23-12-6-3-7-13-23)11-8-14-29(35)37-20-22-9-4-2-5-10-22/h2-7,9-10,12-13,15-17,24,27-28,30-31H,8,11,14,18-20H2,1H3,(H,33,36)/t24-,27-,28+,30-,31+. The van der Waals surface area contributed by atoms with Gasteiger partial charge in [0.05, 0.1) is 5.69 Å². The lowest BCUT2D eigenvalue weighted by atomic mass is 9.99. The maximum absolute atomic E-state index is 13.0. The molecule has 0 saturated carbocycles. The third kappa shape index (κ3) is 5.84. The number of nitrogens with one attached hydrogen (secondary N) is 1. The maximum atomic E-state index is 13.0. The quantitative estimate of drug-likeness (QED) is 0.290. The molecule has 3 heterocycles. The summed E-state index contributed by atoms with van der Waals surface area (Å²) in [6.45, 7) is 0.286. The van der Waals surface area contributed by atoms with Crippen LogP contribution in [0.3, 0.4) is 0 Å². The lowest BCUT2D eigenvalue weighted by molar-refractivity contribution is -0.145. The Hall–Kier alpha value is -3.68. The highest BCUT2D eigenvalue weighted by Crippen LogP contribution is 2.48. The van der Waals surface area contributed by atoms with Gasteiger partial charge in [-0.05, 0) is 42.6 Å². The Morgan fingerprint density at radius 3 is 2.33 bits per heavy atom. The molecule has 0 aliphatic carbocycles. The van der Waals surface area contributed by atoms with E-state index in [0.717, 1.165) is 35.1 Å². The van der Waals surface area contributed by atoms with Crippen molar-refractivity contribution in [1.82, 2.24) is 4.90 Å². The molecule has 0 radical (unpaired) electrons. The van der Waals surface area contributed by atoms with Crippen LogP contribution in [-0.4, -0.2) is 54.4 Å². The number of anilines is 1. The zero-order valence-corrected chi connectivity index (χ0v) is 22.1. The predicted molar refractivity (Wildman–Crippen MR) is 148 cm³/mol. The van der Waals surface area contributed by atoms with Crippen molar-refractivity contribution in [2.24, 2.45) is 0 Å². The summed E-state index contributed by atoms with van der Waals surface area (Å²) in [4.78, 5) is 27.7. The summed E-state index contributed by atoms with van der Waals surface area (Å²) in [6.07, 6.45) is 3.34. The van der Waals surface area contributed by atoms with E-state index in [1.165, 1.54) is 0 Å². The van der Waals surface area contributed by atoms with Crippen LogP contribution in [0.5, 0.6) is 0 Å². The van der Waals surface area contributed by atoms with Gasteiger partial charge in [-0.15, -0.1) is 0 Å². The van der Waals surface area contributed by atoms with E-state index < -0.39 is 6.09 Å². The van der Waals surface area contributed by atoms with E-state index in [2.05, 4.69) is 23.3 Å². The average Bonchev–Trinajstić information content (AvgIpc) is 3.72. The number of aryl methyl sites for hydroxylation is 1. The van der Waals surface area contributed by atoms with E-state index in [1.807, 2.05) is 72.8 Å². The molecule has 3 aromatic carbocycles. The summed E-state index contributed by atoms with van der Waals surface area (Å²) >= 11 is 0. The van der Waals surface area contributed by atoms with Crippen molar-refractivity contribution in [2.75, 3.05) is 12.4 Å². The number of carbonyl (C=O) groups excluding carboxylic acids is 2. The molecule has 0 aromatic heterocycles. The topological polar surface area (TPSA) is 80.4 Å². The van der Waals surface area contributed by atoms with E-state index in [0.29, 0.717) is 49.2 Å². The minimum absolute atomic E-state index is 0.113. The Bertz CT molecular complexity index is 1300. The number of benzene rings is 3. The van der Waals surface area contributed by atoms with Crippen LogP contribution >= 0.6 is 0 Å². The third-order valence-corrected chi connectivity index (χ3v) is 8.14. The normalized spacial score (nSPS) is 25.0. The van der Waals surface area contributed by atoms with Crippen molar-refractivity contribution in [1.29, 1.82) is 0 Å². The van der Waals surface area contributed by atoms with E-state index >= 15 is 0 Å². The second kappa shape index (κ2) is 11.2. The monoisotopic (exact) mass is 526 g/mol. The molecule has 3 saturated heterocycles. The van der Waals surface area contributed by atoms with Crippen LogP contribution in [0.4, 0.5) is 10.5 Å². The van der Waals surface area contributed by atoms with Gasteiger partial charge in [-0.3, -0.25) is 15.0 Å². The second-order valence-corrected chi connectivity index (χ2v) is 10.7. The predicted octanol–water partition coefficient (Wildman–Crippen LogP) is 5.58. The largest absolute Gasteiger partial charge is 0.461 e. The molecule has 2 bridgehead atoms. The molecule has 0 spiro atoms. The van der Waals surface area contributed by atoms with Gasteiger partial charge in [0.15, 0.2) is 0 Å². The Morgan fingerprint density at radius 1 is 0.923 bits per heavy atom. The molecule has 7 heteroatoms. The van der Waals surface area contributed by atoms with E-state index in [9.17, 15) is 9.59 Å². The van der Waals surface area contributed by atoms with Crippen molar-refractivity contribution in [2.45, 2.75) is 69.1 Å². The number of hydrogen-bond acceptors (Lipinski definition) is 6.